The van der Waals surface area contributed by atoms with E-state index in [2.05, 4.69) is 15.6 Å². The topological polar surface area (TPSA) is 118 Å². The summed E-state index contributed by atoms with van der Waals surface area (Å²) < 4.78 is 5.41. The van der Waals surface area contributed by atoms with Crippen molar-refractivity contribution in [1.29, 1.82) is 0 Å². The lowest BCUT2D eigenvalue weighted by molar-refractivity contribution is -0.146. The molecule has 198 valence electrons. The Morgan fingerprint density at radius 1 is 1.11 bits per heavy atom. The highest BCUT2D eigenvalue weighted by molar-refractivity contribution is 8.00. The number of allylic oxidation sites excluding steroid dienone is 2. The molecule has 0 saturated carbocycles. The molecule has 0 bridgehead atoms. The smallest absolute Gasteiger partial charge is 0.307 e. The zero-order valence-corrected chi connectivity index (χ0v) is 22.7. The van der Waals surface area contributed by atoms with E-state index in [0.29, 0.717) is 35.8 Å². The molecule has 38 heavy (non-hydrogen) atoms. The molecule has 10 heteroatoms. The van der Waals surface area contributed by atoms with Crippen LogP contribution < -0.4 is 15.4 Å². The number of carboxylic acids is 1. The fourth-order valence-electron chi connectivity index (χ4n) is 4.24. The van der Waals surface area contributed by atoms with Crippen LogP contribution in [0.5, 0.6) is 5.75 Å². The molecule has 2 aromatic carbocycles. The zero-order chi connectivity index (χ0) is 27.1. The third-order valence-corrected chi connectivity index (χ3v) is 8.36. The number of hydrogen-bond acceptors (Lipinski definition) is 7. The van der Waals surface area contributed by atoms with E-state index in [-0.39, 0.29) is 17.1 Å². The molecule has 0 fully saturated rings. The van der Waals surface area contributed by atoms with E-state index in [0.717, 1.165) is 16.2 Å². The Labute approximate surface area is 229 Å². The molecular weight excluding hydrogens is 522 g/mol. The number of para-hydroxylation sites is 1. The maximum absolute atomic E-state index is 13.1. The predicted molar refractivity (Wildman–Crippen MR) is 151 cm³/mol. The molecule has 0 spiro atoms. The van der Waals surface area contributed by atoms with Crippen molar-refractivity contribution >= 4 is 51.7 Å². The van der Waals surface area contributed by atoms with Crippen LogP contribution >= 0.6 is 23.1 Å². The molecule has 0 radical (unpaired) electrons. The Morgan fingerprint density at radius 3 is 2.61 bits per heavy atom. The lowest BCUT2D eigenvalue weighted by Gasteiger charge is -2.24. The van der Waals surface area contributed by atoms with Gasteiger partial charge in [-0.15, -0.1) is 23.1 Å². The highest BCUT2D eigenvalue weighted by atomic mass is 32.2. The van der Waals surface area contributed by atoms with Gasteiger partial charge < -0.3 is 20.5 Å². The predicted octanol–water partition coefficient (Wildman–Crippen LogP) is 5.93. The molecule has 4 rings (SSSR count). The third-order valence-electron chi connectivity index (χ3n) is 6.25. The van der Waals surface area contributed by atoms with Gasteiger partial charge in [-0.3, -0.25) is 14.4 Å². The van der Waals surface area contributed by atoms with Gasteiger partial charge in [0.1, 0.15) is 5.75 Å². The third kappa shape index (κ3) is 6.62. The van der Waals surface area contributed by atoms with E-state index >= 15 is 0 Å². The normalized spacial score (nSPS) is 17.4. The number of anilines is 2. The molecule has 3 atom stereocenters. The first-order chi connectivity index (χ1) is 18.4. The molecule has 2 amide bonds. The van der Waals surface area contributed by atoms with Crippen molar-refractivity contribution in [2.75, 3.05) is 17.7 Å². The average molecular weight is 552 g/mol. The minimum atomic E-state index is -0.967. The summed E-state index contributed by atoms with van der Waals surface area (Å²) in [5.74, 6) is -2.09. The SMILES string of the molecule is CCC(Sc1cccc(NC(=O)C2CC=CCC2C(=O)O)c1)C(=O)Nc1nc(-c2ccccc2OC)cs1. The van der Waals surface area contributed by atoms with Crippen LogP contribution in [0.4, 0.5) is 10.8 Å². The Bertz CT molecular complexity index is 1340. The summed E-state index contributed by atoms with van der Waals surface area (Å²) in [6.45, 7) is 1.94. The van der Waals surface area contributed by atoms with Gasteiger partial charge in [-0.1, -0.05) is 37.3 Å². The van der Waals surface area contributed by atoms with Crippen LogP contribution in [-0.2, 0) is 14.4 Å². The molecular formula is C28H29N3O5S2. The second-order valence-electron chi connectivity index (χ2n) is 8.75. The molecule has 1 heterocycles. The summed E-state index contributed by atoms with van der Waals surface area (Å²) in [5, 5.41) is 17.3. The number of methoxy groups -OCH3 is 1. The van der Waals surface area contributed by atoms with E-state index in [1.54, 1.807) is 31.4 Å². The maximum atomic E-state index is 13.1. The molecule has 0 saturated heterocycles. The maximum Gasteiger partial charge on any atom is 0.307 e. The van der Waals surface area contributed by atoms with Crippen LogP contribution in [0.1, 0.15) is 26.2 Å². The Balaban J connectivity index is 1.40. The number of aromatic nitrogens is 1. The first-order valence-electron chi connectivity index (χ1n) is 12.2. The van der Waals surface area contributed by atoms with Crippen LogP contribution in [0.2, 0.25) is 0 Å². The van der Waals surface area contributed by atoms with Gasteiger partial charge >= 0.3 is 5.97 Å². The van der Waals surface area contributed by atoms with Crippen molar-refractivity contribution in [2.24, 2.45) is 11.8 Å². The van der Waals surface area contributed by atoms with Crippen LogP contribution in [0.15, 0.2) is 71.0 Å². The highest BCUT2D eigenvalue weighted by Gasteiger charge is 2.34. The summed E-state index contributed by atoms with van der Waals surface area (Å²) in [4.78, 5) is 42.8. The van der Waals surface area contributed by atoms with Gasteiger partial charge in [-0.05, 0) is 49.6 Å². The van der Waals surface area contributed by atoms with E-state index in [1.165, 1.54) is 23.1 Å². The molecule has 3 N–H and O–H groups in total. The number of carboxylic acid groups (broad SMARTS) is 1. The van der Waals surface area contributed by atoms with Crippen molar-refractivity contribution in [3.63, 3.8) is 0 Å². The van der Waals surface area contributed by atoms with E-state index in [9.17, 15) is 19.5 Å². The Hall–Kier alpha value is -3.63. The first-order valence-corrected chi connectivity index (χ1v) is 14.0. The van der Waals surface area contributed by atoms with E-state index < -0.39 is 17.8 Å². The first kappa shape index (κ1) is 27.4. The molecule has 0 aliphatic heterocycles. The number of aliphatic carboxylic acids is 1. The number of carbonyl (C=O) groups is 3. The van der Waals surface area contributed by atoms with Gasteiger partial charge in [0.2, 0.25) is 11.8 Å². The molecule has 1 aliphatic rings. The largest absolute Gasteiger partial charge is 0.496 e. The summed E-state index contributed by atoms with van der Waals surface area (Å²) in [7, 11) is 1.61. The summed E-state index contributed by atoms with van der Waals surface area (Å²) in [6.07, 6.45) is 4.98. The van der Waals surface area contributed by atoms with E-state index in [4.69, 9.17) is 4.74 Å². The Morgan fingerprint density at radius 2 is 1.87 bits per heavy atom. The van der Waals surface area contributed by atoms with Gasteiger partial charge in [0, 0.05) is 21.5 Å². The number of thioether (sulfide) groups is 1. The quantitative estimate of drug-likeness (QED) is 0.211. The number of hydrogen-bond donors (Lipinski definition) is 3. The zero-order valence-electron chi connectivity index (χ0n) is 21.0. The van der Waals surface area contributed by atoms with Crippen molar-refractivity contribution < 1.29 is 24.2 Å². The molecule has 3 unspecified atom stereocenters. The summed E-state index contributed by atoms with van der Waals surface area (Å²) in [5.41, 5.74) is 2.15. The number of benzene rings is 2. The van der Waals surface area contributed by atoms with Crippen molar-refractivity contribution in [1.82, 2.24) is 4.98 Å². The van der Waals surface area contributed by atoms with Crippen LogP contribution in [0.25, 0.3) is 11.3 Å². The van der Waals surface area contributed by atoms with Gasteiger partial charge in [-0.2, -0.15) is 0 Å². The van der Waals surface area contributed by atoms with Crippen LogP contribution in [-0.4, -0.2) is 40.2 Å². The fourth-order valence-corrected chi connectivity index (χ4v) is 5.97. The molecule has 1 aromatic heterocycles. The number of amides is 2. The fraction of sp³-hybridized carbons (Fsp3) is 0.286. The van der Waals surface area contributed by atoms with Crippen molar-refractivity contribution in [2.45, 2.75) is 36.3 Å². The highest BCUT2D eigenvalue weighted by Crippen LogP contribution is 2.33. The minimum Gasteiger partial charge on any atom is -0.496 e. The van der Waals surface area contributed by atoms with Gasteiger partial charge in [0.15, 0.2) is 5.13 Å². The van der Waals surface area contributed by atoms with Crippen LogP contribution in [0, 0.1) is 11.8 Å². The standard InChI is InChI=1S/C28H29N3O5S2/c1-3-24(26(33)31-28-30-22(16-37-28)21-13-6-7-14-23(21)36-2)38-18-10-8-9-17(15-18)29-25(32)19-11-4-5-12-20(19)27(34)35/h4-10,13-16,19-20,24H,3,11-12H2,1-2H3,(H,29,32)(H,34,35)(H,30,31,33). The molecule has 8 nitrogen and oxygen atoms in total. The molecule has 3 aromatic rings. The monoisotopic (exact) mass is 551 g/mol. The lowest BCUT2D eigenvalue weighted by atomic mass is 9.82. The molecule has 1 aliphatic carbocycles. The average Bonchev–Trinajstić information content (AvgIpc) is 3.39. The van der Waals surface area contributed by atoms with Gasteiger partial charge in [0.25, 0.3) is 0 Å². The van der Waals surface area contributed by atoms with Crippen LogP contribution in [0.3, 0.4) is 0 Å². The summed E-state index contributed by atoms with van der Waals surface area (Å²) >= 11 is 2.74. The minimum absolute atomic E-state index is 0.161. The number of thiazole rings is 1. The van der Waals surface area contributed by atoms with Crippen molar-refractivity contribution in [3.05, 3.63) is 66.1 Å². The van der Waals surface area contributed by atoms with Crippen molar-refractivity contribution in [3.8, 4) is 17.0 Å². The number of nitrogens with one attached hydrogen (secondary N) is 2. The second-order valence-corrected chi connectivity index (χ2v) is 10.9. The van der Waals surface area contributed by atoms with Gasteiger partial charge in [-0.25, -0.2) is 4.98 Å². The van der Waals surface area contributed by atoms with Gasteiger partial charge in [0.05, 0.1) is 29.9 Å². The van der Waals surface area contributed by atoms with E-state index in [1.807, 2.05) is 48.7 Å². The number of rotatable bonds is 10. The number of nitrogens with zero attached hydrogens (tertiary/aromatic N) is 1. The Kier molecular flexibility index (Phi) is 9.19. The lowest BCUT2D eigenvalue weighted by Crippen LogP contribution is -2.34. The number of carbonyl (C=O) groups excluding carboxylic acids is 2. The summed E-state index contributed by atoms with van der Waals surface area (Å²) in [6, 6.07) is 14.8. The second kappa shape index (κ2) is 12.7. The number of ether oxygens (including phenoxy) is 1.